The summed E-state index contributed by atoms with van der Waals surface area (Å²) in [5, 5.41) is -0.378. The van der Waals surface area contributed by atoms with E-state index in [9.17, 15) is 4.79 Å². The second kappa shape index (κ2) is 6.09. The molecule has 0 aromatic carbocycles. The fourth-order valence-electron chi connectivity index (χ4n) is 0.632. The Morgan fingerprint density at radius 1 is 1.56 bits per heavy atom. The molecule has 0 aliphatic rings. The quantitative estimate of drug-likeness (QED) is 0.431. The van der Waals surface area contributed by atoms with Gasteiger partial charge in [-0.25, -0.2) is 0 Å². The van der Waals surface area contributed by atoms with Gasteiger partial charge in [-0.05, 0) is 6.42 Å². The molecule has 0 aliphatic heterocycles. The van der Waals surface area contributed by atoms with Gasteiger partial charge in [-0.2, -0.15) is 0 Å². The number of hydrogen-bond acceptors (Lipinski definition) is 1. The average molecular weight is 148 g/mol. The van der Waals surface area contributed by atoms with Crippen LogP contribution in [-0.4, -0.2) is 11.7 Å². The number of rotatable bonds is 5. The highest BCUT2D eigenvalue weighted by atomic mass is 35.5. The number of unbranched alkanes of at least 4 members (excludes halogenated alkanes) is 2. The van der Waals surface area contributed by atoms with Crippen LogP contribution in [0.25, 0.3) is 0 Å². The second-order valence-electron chi connectivity index (χ2n) is 2.08. The van der Waals surface area contributed by atoms with Crippen LogP contribution in [0.2, 0.25) is 0 Å². The van der Waals surface area contributed by atoms with Crippen molar-refractivity contribution in [3.63, 3.8) is 0 Å². The molecule has 9 heavy (non-hydrogen) atoms. The predicted octanol–water partition coefficient (Wildman–Crippen LogP) is 2.28. The lowest BCUT2D eigenvalue weighted by molar-refractivity contribution is 0.546. The highest BCUT2D eigenvalue weighted by Gasteiger charge is 2.00. The third-order valence-electron chi connectivity index (χ3n) is 1.19. The van der Waals surface area contributed by atoms with E-state index in [0.717, 1.165) is 19.3 Å². The molecule has 0 aromatic heterocycles. The zero-order chi connectivity index (χ0) is 7.11. The molecular formula is C7H12ClO. The zero-order valence-corrected chi connectivity index (χ0v) is 6.45. The van der Waals surface area contributed by atoms with E-state index in [4.69, 9.17) is 11.6 Å². The molecule has 0 bridgehead atoms. The van der Waals surface area contributed by atoms with E-state index in [1.807, 2.05) is 0 Å². The number of alkyl halides is 1. The Morgan fingerprint density at radius 2 is 2.22 bits per heavy atom. The third kappa shape index (κ3) is 5.84. The summed E-state index contributed by atoms with van der Waals surface area (Å²) in [7, 11) is 0. The molecule has 0 spiro atoms. The van der Waals surface area contributed by atoms with Crippen LogP contribution in [-0.2, 0) is 4.79 Å². The molecule has 0 aromatic rings. The lowest BCUT2D eigenvalue weighted by Crippen LogP contribution is -1.98. The van der Waals surface area contributed by atoms with Gasteiger partial charge < -0.3 is 0 Å². The van der Waals surface area contributed by atoms with Crippen LogP contribution >= 0.6 is 11.6 Å². The Morgan fingerprint density at radius 3 is 2.67 bits per heavy atom. The van der Waals surface area contributed by atoms with Crippen molar-refractivity contribution in [1.82, 2.24) is 0 Å². The number of carbonyl (C=O) groups excluding carboxylic acids is 1. The molecular weight excluding hydrogens is 136 g/mol. The van der Waals surface area contributed by atoms with E-state index < -0.39 is 0 Å². The second-order valence-corrected chi connectivity index (χ2v) is 2.61. The highest BCUT2D eigenvalue weighted by molar-refractivity contribution is 6.27. The predicted molar refractivity (Wildman–Crippen MR) is 39.5 cm³/mol. The van der Waals surface area contributed by atoms with Gasteiger partial charge in [0.25, 0.3) is 0 Å². The van der Waals surface area contributed by atoms with E-state index in [2.05, 4.69) is 6.92 Å². The fraction of sp³-hybridized carbons (Fsp3) is 0.857. The molecule has 0 N–H and O–H groups in total. The summed E-state index contributed by atoms with van der Waals surface area (Å²) < 4.78 is 0. The summed E-state index contributed by atoms with van der Waals surface area (Å²) >= 11 is 5.48. The average Bonchev–Trinajstić information content (AvgIpc) is 1.89. The van der Waals surface area contributed by atoms with Crippen molar-refractivity contribution < 1.29 is 4.79 Å². The van der Waals surface area contributed by atoms with E-state index in [1.54, 1.807) is 6.29 Å². The highest BCUT2D eigenvalue weighted by Crippen LogP contribution is 2.05. The normalized spacial score (nSPS) is 13.1. The molecule has 1 radical (unpaired) electrons. The van der Waals surface area contributed by atoms with Crippen LogP contribution in [0.15, 0.2) is 0 Å². The minimum absolute atomic E-state index is 0.378. The molecule has 1 nitrogen and oxygen atoms in total. The van der Waals surface area contributed by atoms with Gasteiger partial charge in [0.05, 0.1) is 5.38 Å². The first-order chi connectivity index (χ1) is 4.31. The van der Waals surface area contributed by atoms with Crippen LogP contribution in [0.5, 0.6) is 0 Å². The van der Waals surface area contributed by atoms with Gasteiger partial charge in [0.15, 0.2) is 0 Å². The minimum Gasteiger partial charge on any atom is -0.289 e. The number of hydrogen-bond donors (Lipinski definition) is 0. The van der Waals surface area contributed by atoms with Crippen molar-refractivity contribution in [3.05, 3.63) is 0 Å². The molecule has 0 aliphatic carbocycles. The summed E-state index contributed by atoms with van der Waals surface area (Å²) in [4.78, 5) is 9.84. The van der Waals surface area contributed by atoms with Crippen molar-refractivity contribution in [2.24, 2.45) is 0 Å². The SMILES string of the molecule is CCCCCC(Cl)[C]=O. The van der Waals surface area contributed by atoms with Gasteiger partial charge in [0.1, 0.15) is 0 Å². The largest absolute Gasteiger partial charge is 0.289 e. The molecule has 1 atom stereocenters. The van der Waals surface area contributed by atoms with E-state index in [1.165, 1.54) is 6.42 Å². The van der Waals surface area contributed by atoms with Gasteiger partial charge >= 0.3 is 0 Å². The minimum atomic E-state index is -0.378. The Balaban J connectivity index is 2.96. The summed E-state index contributed by atoms with van der Waals surface area (Å²) in [6, 6.07) is 0. The maximum Gasteiger partial charge on any atom is 0.217 e. The monoisotopic (exact) mass is 147 g/mol. The van der Waals surface area contributed by atoms with Crippen molar-refractivity contribution >= 4 is 17.9 Å². The van der Waals surface area contributed by atoms with E-state index in [0.29, 0.717) is 0 Å². The molecule has 0 rings (SSSR count). The summed E-state index contributed by atoms with van der Waals surface area (Å²) in [5.41, 5.74) is 0. The lowest BCUT2D eigenvalue weighted by Gasteiger charge is -1.96. The molecule has 0 amide bonds. The van der Waals surface area contributed by atoms with Crippen LogP contribution in [0.3, 0.4) is 0 Å². The molecule has 0 saturated heterocycles. The van der Waals surface area contributed by atoms with E-state index in [-0.39, 0.29) is 5.38 Å². The van der Waals surface area contributed by atoms with Crippen molar-refractivity contribution in [1.29, 1.82) is 0 Å². The molecule has 1 unspecified atom stereocenters. The first-order valence-electron chi connectivity index (χ1n) is 3.33. The van der Waals surface area contributed by atoms with Crippen LogP contribution in [0.1, 0.15) is 32.6 Å². The summed E-state index contributed by atoms with van der Waals surface area (Å²) in [5.74, 6) is 0. The molecule has 2 heteroatoms. The van der Waals surface area contributed by atoms with Crippen molar-refractivity contribution in [3.8, 4) is 0 Å². The fourth-order valence-corrected chi connectivity index (χ4v) is 0.787. The summed E-state index contributed by atoms with van der Waals surface area (Å²) in [6.07, 6.45) is 5.88. The van der Waals surface area contributed by atoms with Crippen molar-refractivity contribution in [2.45, 2.75) is 38.0 Å². The smallest absolute Gasteiger partial charge is 0.217 e. The number of halogens is 1. The van der Waals surface area contributed by atoms with Crippen LogP contribution in [0, 0.1) is 0 Å². The van der Waals surface area contributed by atoms with Gasteiger partial charge in [0, 0.05) is 0 Å². The summed E-state index contributed by atoms with van der Waals surface area (Å²) in [6.45, 7) is 2.12. The van der Waals surface area contributed by atoms with Gasteiger partial charge in [-0.15, -0.1) is 11.6 Å². The molecule has 0 fully saturated rings. The van der Waals surface area contributed by atoms with Crippen LogP contribution in [0.4, 0.5) is 0 Å². The molecule has 0 saturated carbocycles. The first-order valence-corrected chi connectivity index (χ1v) is 3.76. The standard InChI is InChI=1S/C7H12ClO/c1-2-3-4-5-7(8)6-9/h7H,2-5H2,1H3. The zero-order valence-electron chi connectivity index (χ0n) is 5.69. The third-order valence-corrected chi connectivity index (χ3v) is 1.50. The lowest BCUT2D eigenvalue weighted by atomic mass is 10.2. The van der Waals surface area contributed by atoms with Gasteiger partial charge in [0.2, 0.25) is 6.29 Å². The Labute approximate surface area is 61.4 Å². The van der Waals surface area contributed by atoms with E-state index >= 15 is 0 Å². The Bertz CT molecular complexity index is 73.3. The Hall–Kier alpha value is -0.0400. The molecule has 53 valence electrons. The van der Waals surface area contributed by atoms with Crippen molar-refractivity contribution in [2.75, 3.05) is 0 Å². The van der Waals surface area contributed by atoms with Gasteiger partial charge in [-0.3, -0.25) is 4.79 Å². The molecule has 0 heterocycles. The maximum atomic E-state index is 9.84. The van der Waals surface area contributed by atoms with Crippen LogP contribution < -0.4 is 0 Å². The topological polar surface area (TPSA) is 17.1 Å². The maximum absolute atomic E-state index is 9.84. The van der Waals surface area contributed by atoms with Gasteiger partial charge in [-0.1, -0.05) is 26.2 Å². The first kappa shape index (κ1) is 8.96. The Kier molecular flexibility index (Phi) is 6.06.